The van der Waals surface area contributed by atoms with E-state index in [0.29, 0.717) is 12.5 Å². The van der Waals surface area contributed by atoms with Crippen molar-refractivity contribution in [1.29, 1.82) is 0 Å². The number of nitrogens with one attached hydrogen (secondary N) is 1. The first-order valence-corrected chi connectivity index (χ1v) is 4.22. The highest BCUT2D eigenvalue weighted by Gasteiger charge is 2.17. The summed E-state index contributed by atoms with van der Waals surface area (Å²) in [6.45, 7) is 5.78. The van der Waals surface area contributed by atoms with E-state index in [1.165, 1.54) is 0 Å². The molecular weight excluding hydrogens is 140 g/mol. The van der Waals surface area contributed by atoms with Crippen LogP contribution in [0.15, 0.2) is 0 Å². The van der Waals surface area contributed by atoms with Gasteiger partial charge in [-0.25, -0.2) is 0 Å². The average molecular weight is 156 g/mol. The summed E-state index contributed by atoms with van der Waals surface area (Å²) in [5.41, 5.74) is 0. The van der Waals surface area contributed by atoms with Crippen LogP contribution in [0.1, 0.15) is 26.7 Å². The molecule has 0 unspecified atom stereocenters. The van der Waals surface area contributed by atoms with E-state index in [9.17, 15) is 4.79 Å². The third-order valence-electron chi connectivity index (χ3n) is 1.97. The lowest BCUT2D eigenvalue weighted by atomic mass is 10.2. The second-order valence-corrected chi connectivity index (χ2v) is 3.22. The molecule has 0 saturated carbocycles. The van der Waals surface area contributed by atoms with Gasteiger partial charge in [-0.05, 0) is 26.8 Å². The smallest absolute Gasteiger partial charge is 0.223 e. The summed E-state index contributed by atoms with van der Waals surface area (Å²) in [7, 11) is 0. The van der Waals surface area contributed by atoms with Crippen molar-refractivity contribution in [1.82, 2.24) is 10.2 Å². The molecule has 11 heavy (non-hydrogen) atoms. The van der Waals surface area contributed by atoms with E-state index in [2.05, 4.69) is 5.32 Å². The molecule has 3 nitrogen and oxygen atoms in total. The topological polar surface area (TPSA) is 32.3 Å². The summed E-state index contributed by atoms with van der Waals surface area (Å²) in [6.07, 6.45) is 1.67. The molecule has 0 bridgehead atoms. The monoisotopic (exact) mass is 156 g/mol. The molecule has 64 valence electrons. The normalized spacial score (nSPS) is 20.6. The summed E-state index contributed by atoms with van der Waals surface area (Å²) < 4.78 is 0. The van der Waals surface area contributed by atoms with Gasteiger partial charge in [-0.2, -0.15) is 0 Å². The largest absolute Gasteiger partial charge is 0.328 e. The van der Waals surface area contributed by atoms with E-state index in [1.54, 1.807) is 0 Å². The van der Waals surface area contributed by atoms with Crippen molar-refractivity contribution in [3.05, 3.63) is 0 Å². The summed E-state index contributed by atoms with van der Waals surface area (Å²) in [4.78, 5) is 13.2. The van der Waals surface area contributed by atoms with Crippen LogP contribution in [0, 0.1) is 0 Å². The van der Waals surface area contributed by atoms with E-state index < -0.39 is 0 Å². The Bertz CT molecular complexity index is 145. The highest BCUT2D eigenvalue weighted by Crippen LogP contribution is 2.04. The Morgan fingerprint density at radius 2 is 2.27 bits per heavy atom. The molecule has 3 heteroatoms. The van der Waals surface area contributed by atoms with Crippen LogP contribution in [0.25, 0.3) is 0 Å². The Labute approximate surface area is 67.8 Å². The van der Waals surface area contributed by atoms with Gasteiger partial charge in [0, 0.05) is 12.5 Å². The fourth-order valence-electron chi connectivity index (χ4n) is 1.27. The van der Waals surface area contributed by atoms with Crippen LogP contribution in [0.3, 0.4) is 0 Å². The molecule has 0 aromatic rings. The van der Waals surface area contributed by atoms with E-state index in [0.717, 1.165) is 19.6 Å². The van der Waals surface area contributed by atoms with Crippen LogP contribution in [0.4, 0.5) is 0 Å². The molecule has 1 N–H and O–H groups in total. The van der Waals surface area contributed by atoms with Crippen LogP contribution < -0.4 is 5.32 Å². The second kappa shape index (κ2) is 3.72. The van der Waals surface area contributed by atoms with Crippen molar-refractivity contribution in [2.24, 2.45) is 0 Å². The van der Waals surface area contributed by atoms with Gasteiger partial charge in [-0.3, -0.25) is 10.1 Å². The van der Waals surface area contributed by atoms with Gasteiger partial charge in [0.25, 0.3) is 0 Å². The fraction of sp³-hybridized carbons (Fsp3) is 0.875. The van der Waals surface area contributed by atoms with E-state index >= 15 is 0 Å². The molecule has 1 rings (SSSR count). The van der Waals surface area contributed by atoms with Gasteiger partial charge in [0.1, 0.15) is 0 Å². The molecule has 1 fully saturated rings. The minimum Gasteiger partial charge on any atom is -0.328 e. The highest BCUT2D eigenvalue weighted by molar-refractivity contribution is 5.76. The maximum absolute atomic E-state index is 11.3. The molecule has 0 atom stereocenters. The molecule has 0 spiro atoms. The Kier molecular flexibility index (Phi) is 2.88. The van der Waals surface area contributed by atoms with Crippen LogP contribution >= 0.6 is 0 Å². The SMILES string of the molecule is CC(C)N1CNCCCC1=O. The lowest BCUT2D eigenvalue weighted by Gasteiger charge is -2.24. The lowest BCUT2D eigenvalue weighted by molar-refractivity contribution is -0.132. The second-order valence-electron chi connectivity index (χ2n) is 3.22. The van der Waals surface area contributed by atoms with Gasteiger partial charge in [-0.1, -0.05) is 0 Å². The zero-order valence-electron chi connectivity index (χ0n) is 7.26. The highest BCUT2D eigenvalue weighted by atomic mass is 16.2. The number of amides is 1. The zero-order valence-corrected chi connectivity index (χ0v) is 7.26. The molecule has 1 aliphatic rings. The van der Waals surface area contributed by atoms with Crippen molar-refractivity contribution in [2.45, 2.75) is 32.7 Å². The minimum atomic E-state index is 0.282. The molecule has 0 aliphatic carbocycles. The Morgan fingerprint density at radius 1 is 1.55 bits per heavy atom. The predicted molar refractivity (Wildman–Crippen MR) is 44.1 cm³/mol. The van der Waals surface area contributed by atoms with Crippen molar-refractivity contribution in [3.8, 4) is 0 Å². The number of hydrogen-bond donors (Lipinski definition) is 1. The van der Waals surface area contributed by atoms with Crippen LogP contribution in [0.5, 0.6) is 0 Å². The summed E-state index contributed by atoms with van der Waals surface area (Å²) in [5, 5.41) is 3.21. The summed E-state index contributed by atoms with van der Waals surface area (Å²) in [5.74, 6) is 0.282. The third kappa shape index (κ3) is 2.19. The van der Waals surface area contributed by atoms with Gasteiger partial charge in [0.15, 0.2) is 0 Å². The van der Waals surface area contributed by atoms with Gasteiger partial charge in [0.2, 0.25) is 5.91 Å². The summed E-state index contributed by atoms with van der Waals surface area (Å²) in [6, 6.07) is 0.327. The van der Waals surface area contributed by atoms with Crippen molar-refractivity contribution in [2.75, 3.05) is 13.2 Å². The molecular formula is C8H16N2O. The van der Waals surface area contributed by atoms with E-state index in [4.69, 9.17) is 0 Å². The van der Waals surface area contributed by atoms with Crippen LogP contribution in [-0.4, -0.2) is 30.1 Å². The quantitative estimate of drug-likeness (QED) is 0.601. The number of nitrogens with zero attached hydrogens (tertiary/aromatic N) is 1. The molecule has 1 aliphatic heterocycles. The van der Waals surface area contributed by atoms with E-state index in [1.807, 2.05) is 18.7 Å². The van der Waals surface area contributed by atoms with Crippen LogP contribution in [0.2, 0.25) is 0 Å². The standard InChI is InChI=1S/C8H16N2O/c1-7(2)10-6-9-5-3-4-8(10)11/h7,9H,3-6H2,1-2H3. The Hall–Kier alpha value is -0.570. The Balaban J connectivity index is 2.52. The minimum absolute atomic E-state index is 0.282. The van der Waals surface area contributed by atoms with Crippen molar-refractivity contribution in [3.63, 3.8) is 0 Å². The molecule has 0 aromatic carbocycles. The number of hydrogen-bond acceptors (Lipinski definition) is 2. The zero-order chi connectivity index (χ0) is 8.27. The van der Waals surface area contributed by atoms with E-state index in [-0.39, 0.29) is 5.91 Å². The Morgan fingerprint density at radius 3 is 2.91 bits per heavy atom. The van der Waals surface area contributed by atoms with Gasteiger partial charge in [0.05, 0.1) is 6.67 Å². The lowest BCUT2D eigenvalue weighted by Crippen LogP contribution is -2.40. The average Bonchev–Trinajstić information content (AvgIpc) is 2.13. The fourth-order valence-corrected chi connectivity index (χ4v) is 1.27. The van der Waals surface area contributed by atoms with Crippen LogP contribution in [-0.2, 0) is 4.79 Å². The first-order valence-electron chi connectivity index (χ1n) is 4.22. The molecule has 0 radical (unpaired) electrons. The molecule has 1 saturated heterocycles. The molecule has 1 heterocycles. The van der Waals surface area contributed by atoms with Crippen molar-refractivity contribution >= 4 is 5.91 Å². The molecule has 1 amide bonds. The van der Waals surface area contributed by atoms with Gasteiger partial charge in [-0.15, -0.1) is 0 Å². The van der Waals surface area contributed by atoms with Gasteiger partial charge < -0.3 is 4.90 Å². The number of carbonyl (C=O) groups excluding carboxylic acids is 1. The maximum atomic E-state index is 11.3. The summed E-state index contributed by atoms with van der Waals surface area (Å²) >= 11 is 0. The predicted octanol–water partition coefficient (Wildman–Crippen LogP) is 0.564. The molecule has 0 aromatic heterocycles. The number of rotatable bonds is 1. The first-order chi connectivity index (χ1) is 5.22. The van der Waals surface area contributed by atoms with Crippen molar-refractivity contribution < 1.29 is 4.79 Å². The third-order valence-corrected chi connectivity index (χ3v) is 1.97. The van der Waals surface area contributed by atoms with Gasteiger partial charge >= 0.3 is 0 Å². The maximum Gasteiger partial charge on any atom is 0.223 e. The number of carbonyl (C=O) groups is 1. The first kappa shape index (κ1) is 8.53.